The van der Waals surface area contributed by atoms with Gasteiger partial charge in [-0.2, -0.15) is 0 Å². The molecule has 3 rings (SSSR count). The van der Waals surface area contributed by atoms with E-state index in [1.165, 1.54) is 11.3 Å². The molecule has 1 atom stereocenters. The lowest BCUT2D eigenvalue weighted by atomic mass is 10.0. The van der Waals surface area contributed by atoms with E-state index in [0.717, 1.165) is 35.4 Å². The van der Waals surface area contributed by atoms with Gasteiger partial charge in [0.2, 0.25) is 0 Å². The molecule has 0 unspecified atom stereocenters. The average molecular weight is 305 g/mol. The largest absolute Gasteiger partial charge is 0.371 e. The number of likely N-dealkylation sites (N-methyl/N-ethyl adjacent to an activating group) is 1. The summed E-state index contributed by atoms with van der Waals surface area (Å²) in [6.45, 7) is 5.61. The Morgan fingerprint density at radius 3 is 3.24 bits per heavy atom. The second-order valence-electron chi connectivity index (χ2n) is 5.03. The number of carbonyl (C=O) groups is 1. The van der Waals surface area contributed by atoms with Gasteiger partial charge in [0.1, 0.15) is 9.71 Å². The molecule has 6 heteroatoms. The third kappa shape index (κ3) is 2.66. The summed E-state index contributed by atoms with van der Waals surface area (Å²) in [7, 11) is 1.66. The molecule has 1 aliphatic heterocycles. The fourth-order valence-electron chi connectivity index (χ4n) is 2.72. The molecule has 112 valence electrons. The van der Waals surface area contributed by atoms with Crippen LogP contribution in [-0.2, 0) is 4.74 Å². The number of pyridine rings is 1. The summed E-state index contributed by atoms with van der Waals surface area (Å²) in [4.78, 5) is 20.5. The van der Waals surface area contributed by atoms with Crippen molar-refractivity contribution in [2.75, 3.05) is 33.3 Å². The van der Waals surface area contributed by atoms with Gasteiger partial charge < -0.3 is 10.1 Å². The maximum atomic E-state index is 12.2. The fourth-order valence-corrected chi connectivity index (χ4v) is 3.86. The number of ether oxygens (including phenoxy) is 1. The zero-order valence-corrected chi connectivity index (χ0v) is 13.1. The van der Waals surface area contributed by atoms with Crippen molar-refractivity contribution in [2.24, 2.45) is 0 Å². The number of morpholine rings is 1. The number of thiophene rings is 1. The van der Waals surface area contributed by atoms with E-state index < -0.39 is 0 Å². The zero-order valence-electron chi connectivity index (χ0n) is 12.3. The van der Waals surface area contributed by atoms with E-state index in [2.05, 4.69) is 22.1 Å². The van der Waals surface area contributed by atoms with Gasteiger partial charge in [-0.1, -0.05) is 13.0 Å². The predicted molar refractivity (Wildman–Crippen MR) is 83.8 cm³/mol. The van der Waals surface area contributed by atoms with Crippen LogP contribution >= 0.6 is 11.3 Å². The van der Waals surface area contributed by atoms with Gasteiger partial charge in [-0.3, -0.25) is 9.69 Å². The van der Waals surface area contributed by atoms with Crippen molar-refractivity contribution in [1.82, 2.24) is 15.2 Å². The zero-order chi connectivity index (χ0) is 14.8. The second kappa shape index (κ2) is 6.09. The van der Waals surface area contributed by atoms with Gasteiger partial charge in [-0.05, 0) is 12.6 Å². The van der Waals surface area contributed by atoms with Crippen LogP contribution in [0.3, 0.4) is 0 Å². The summed E-state index contributed by atoms with van der Waals surface area (Å²) in [6, 6.07) is 3.93. The summed E-state index contributed by atoms with van der Waals surface area (Å²) < 4.78 is 5.96. The van der Waals surface area contributed by atoms with Gasteiger partial charge in [-0.15, -0.1) is 11.3 Å². The Balaban J connectivity index is 2.08. The van der Waals surface area contributed by atoms with E-state index in [1.807, 2.05) is 12.1 Å². The Kier molecular flexibility index (Phi) is 4.19. The normalized spacial score (nSPS) is 19.8. The molecule has 1 fully saturated rings. The molecule has 0 spiro atoms. The third-order valence-electron chi connectivity index (χ3n) is 3.86. The van der Waals surface area contributed by atoms with Gasteiger partial charge in [0.05, 0.1) is 12.7 Å². The molecule has 5 nitrogen and oxygen atoms in total. The van der Waals surface area contributed by atoms with Crippen molar-refractivity contribution >= 4 is 27.5 Å². The fraction of sp³-hybridized carbons (Fsp3) is 0.467. The van der Waals surface area contributed by atoms with Crippen LogP contribution in [0.15, 0.2) is 18.3 Å². The van der Waals surface area contributed by atoms with Crippen LogP contribution in [0.1, 0.15) is 28.3 Å². The minimum atomic E-state index is -0.0658. The highest BCUT2D eigenvalue weighted by Gasteiger charge is 2.29. The molecular weight excluding hydrogens is 286 g/mol. The predicted octanol–water partition coefficient (Wildman–Crippen LogP) is 2.05. The Hall–Kier alpha value is -1.50. The average Bonchev–Trinajstić information content (AvgIpc) is 2.93. The molecule has 21 heavy (non-hydrogen) atoms. The maximum Gasteiger partial charge on any atom is 0.261 e. The SMILES string of the molecule is CCN1CCO[C@@H](c2c(C(=O)NC)sc3ncccc23)C1. The number of hydrogen-bond donors (Lipinski definition) is 1. The van der Waals surface area contributed by atoms with Crippen molar-refractivity contribution < 1.29 is 9.53 Å². The van der Waals surface area contributed by atoms with Crippen LogP contribution in [-0.4, -0.2) is 49.1 Å². The summed E-state index contributed by atoms with van der Waals surface area (Å²) in [5, 5.41) is 3.75. The van der Waals surface area contributed by atoms with Crippen LogP contribution in [0.25, 0.3) is 10.2 Å². The molecule has 3 heterocycles. The molecule has 1 amide bonds. The van der Waals surface area contributed by atoms with Crippen molar-refractivity contribution in [3.05, 3.63) is 28.8 Å². The summed E-state index contributed by atoms with van der Waals surface area (Å²) in [6.07, 6.45) is 1.69. The molecule has 0 saturated carbocycles. The minimum absolute atomic E-state index is 0.0646. The summed E-state index contributed by atoms with van der Waals surface area (Å²) >= 11 is 1.44. The van der Waals surface area contributed by atoms with E-state index in [-0.39, 0.29) is 12.0 Å². The monoisotopic (exact) mass is 305 g/mol. The van der Waals surface area contributed by atoms with Crippen molar-refractivity contribution in [2.45, 2.75) is 13.0 Å². The first-order valence-corrected chi connectivity index (χ1v) is 7.99. The Morgan fingerprint density at radius 2 is 2.48 bits per heavy atom. The minimum Gasteiger partial charge on any atom is -0.371 e. The van der Waals surface area contributed by atoms with Gasteiger partial charge in [0, 0.05) is 37.3 Å². The third-order valence-corrected chi connectivity index (χ3v) is 4.99. The molecule has 1 aliphatic rings. The maximum absolute atomic E-state index is 12.2. The van der Waals surface area contributed by atoms with Gasteiger partial charge in [0.15, 0.2) is 0 Å². The molecule has 0 bridgehead atoms. The van der Waals surface area contributed by atoms with Gasteiger partial charge in [0.25, 0.3) is 5.91 Å². The molecule has 0 aromatic carbocycles. The Labute approximate surface area is 127 Å². The van der Waals surface area contributed by atoms with E-state index in [4.69, 9.17) is 4.74 Å². The van der Waals surface area contributed by atoms with Crippen molar-refractivity contribution in [1.29, 1.82) is 0 Å². The van der Waals surface area contributed by atoms with Crippen LogP contribution in [0, 0.1) is 0 Å². The molecule has 0 radical (unpaired) electrons. The highest BCUT2D eigenvalue weighted by molar-refractivity contribution is 7.20. The van der Waals surface area contributed by atoms with E-state index in [9.17, 15) is 4.79 Å². The lowest BCUT2D eigenvalue weighted by molar-refractivity contribution is -0.0275. The second-order valence-corrected chi connectivity index (χ2v) is 6.03. The molecule has 1 N–H and O–H groups in total. The van der Waals surface area contributed by atoms with Gasteiger partial charge in [-0.25, -0.2) is 4.98 Å². The summed E-state index contributed by atoms with van der Waals surface area (Å²) in [5.74, 6) is -0.0646. The molecule has 0 aliphatic carbocycles. The standard InChI is InChI=1S/C15H19N3O2S/c1-3-18-7-8-20-11(9-18)12-10-5-4-6-17-15(10)21-13(12)14(19)16-2/h4-6,11H,3,7-9H2,1-2H3,(H,16,19)/t11-/m1/s1. The molecule has 2 aromatic heterocycles. The van der Waals surface area contributed by atoms with Gasteiger partial charge >= 0.3 is 0 Å². The number of nitrogens with zero attached hydrogens (tertiary/aromatic N) is 2. The number of aromatic nitrogens is 1. The van der Waals surface area contributed by atoms with Crippen LogP contribution in [0.4, 0.5) is 0 Å². The lowest BCUT2D eigenvalue weighted by Gasteiger charge is -2.32. The Bertz CT molecular complexity index is 655. The quantitative estimate of drug-likeness (QED) is 0.943. The molecule has 2 aromatic rings. The first-order valence-electron chi connectivity index (χ1n) is 7.18. The molecular formula is C15H19N3O2S. The molecule has 1 saturated heterocycles. The first kappa shape index (κ1) is 14.4. The number of rotatable bonds is 3. The van der Waals surface area contributed by atoms with E-state index >= 15 is 0 Å². The van der Waals surface area contributed by atoms with Crippen molar-refractivity contribution in [3.8, 4) is 0 Å². The van der Waals surface area contributed by atoms with Crippen LogP contribution < -0.4 is 5.32 Å². The first-order chi connectivity index (χ1) is 10.2. The van der Waals surface area contributed by atoms with E-state index in [1.54, 1.807) is 13.2 Å². The van der Waals surface area contributed by atoms with Crippen molar-refractivity contribution in [3.63, 3.8) is 0 Å². The smallest absolute Gasteiger partial charge is 0.261 e. The van der Waals surface area contributed by atoms with Crippen LogP contribution in [0.5, 0.6) is 0 Å². The number of nitrogens with one attached hydrogen (secondary N) is 1. The van der Waals surface area contributed by atoms with E-state index in [0.29, 0.717) is 11.5 Å². The Morgan fingerprint density at radius 1 is 1.62 bits per heavy atom. The number of fused-ring (bicyclic) bond motifs is 1. The highest BCUT2D eigenvalue weighted by Crippen LogP contribution is 2.37. The lowest BCUT2D eigenvalue weighted by Crippen LogP contribution is -2.38. The number of hydrogen-bond acceptors (Lipinski definition) is 5. The number of amides is 1. The topological polar surface area (TPSA) is 54.5 Å². The summed E-state index contributed by atoms with van der Waals surface area (Å²) in [5.41, 5.74) is 0.987. The number of carbonyl (C=O) groups excluding carboxylic acids is 1. The van der Waals surface area contributed by atoms with Crippen LogP contribution in [0.2, 0.25) is 0 Å². The highest BCUT2D eigenvalue weighted by atomic mass is 32.1.